The van der Waals surface area contributed by atoms with Crippen molar-refractivity contribution in [3.05, 3.63) is 35.6 Å². The number of aliphatic hydroxyl groups is 1. The van der Waals surface area contributed by atoms with Crippen molar-refractivity contribution in [2.75, 3.05) is 13.2 Å². The highest BCUT2D eigenvalue weighted by Crippen LogP contribution is 2.33. The Morgan fingerprint density at radius 1 is 1.35 bits per heavy atom. The Kier molecular flexibility index (Phi) is 2.61. The molecule has 3 heteroatoms. The molecule has 0 fully saturated rings. The van der Waals surface area contributed by atoms with Gasteiger partial charge in [0.15, 0.2) is 0 Å². The maximum absolute atomic E-state index is 8.74. The molecule has 2 aromatic rings. The molecule has 0 unspecified atom stereocenters. The van der Waals surface area contributed by atoms with Crippen molar-refractivity contribution < 1.29 is 14.3 Å². The molecule has 0 atom stereocenters. The summed E-state index contributed by atoms with van der Waals surface area (Å²) in [5, 5.41) is 9.87. The molecule has 0 bridgehead atoms. The van der Waals surface area contributed by atoms with Gasteiger partial charge in [-0.05, 0) is 37.1 Å². The number of ether oxygens (including phenoxy) is 1. The van der Waals surface area contributed by atoms with E-state index in [1.807, 2.05) is 24.3 Å². The summed E-state index contributed by atoms with van der Waals surface area (Å²) < 4.78 is 11.2. The van der Waals surface area contributed by atoms with Gasteiger partial charge < -0.3 is 14.3 Å². The van der Waals surface area contributed by atoms with Gasteiger partial charge in [0.25, 0.3) is 0 Å². The molecule has 0 spiro atoms. The fraction of sp³-hybridized carbons (Fsp3) is 0.286. The summed E-state index contributed by atoms with van der Waals surface area (Å²) >= 11 is 0. The van der Waals surface area contributed by atoms with E-state index in [1.54, 1.807) is 0 Å². The third-order valence-corrected chi connectivity index (χ3v) is 2.98. The van der Waals surface area contributed by atoms with Gasteiger partial charge in [-0.15, -0.1) is 0 Å². The average molecular weight is 230 g/mol. The first-order valence-corrected chi connectivity index (χ1v) is 5.84. The van der Waals surface area contributed by atoms with Crippen LogP contribution in [0.25, 0.3) is 17.0 Å². The number of hydrogen-bond donors (Lipinski definition) is 1. The predicted octanol–water partition coefficient (Wildman–Crippen LogP) is 2.76. The second-order valence-corrected chi connectivity index (χ2v) is 4.12. The second-order valence-electron chi connectivity index (χ2n) is 4.12. The van der Waals surface area contributed by atoms with Crippen molar-refractivity contribution in [1.29, 1.82) is 0 Å². The zero-order valence-electron chi connectivity index (χ0n) is 9.48. The van der Waals surface area contributed by atoms with Gasteiger partial charge in [0.05, 0.1) is 6.61 Å². The molecule has 1 aliphatic carbocycles. The Morgan fingerprint density at radius 2 is 2.29 bits per heavy atom. The zero-order chi connectivity index (χ0) is 11.7. The molecule has 0 aliphatic heterocycles. The van der Waals surface area contributed by atoms with E-state index in [2.05, 4.69) is 6.08 Å². The minimum atomic E-state index is 0.0320. The summed E-state index contributed by atoms with van der Waals surface area (Å²) in [6.07, 6.45) is 6.24. The van der Waals surface area contributed by atoms with Crippen LogP contribution in [0.1, 0.15) is 17.7 Å². The number of aliphatic hydroxyl groups excluding tert-OH is 1. The van der Waals surface area contributed by atoms with Crippen LogP contribution in [0, 0.1) is 0 Å². The maximum Gasteiger partial charge on any atom is 0.135 e. The fourth-order valence-corrected chi connectivity index (χ4v) is 2.21. The monoisotopic (exact) mass is 230 g/mol. The quantitative estimate of drug-likeness (QED) is 0.881. The van der Waals surface area contributed by atoms with E-state index in [4.69, 9.17) is 14.3 Å². The summed E-state index contributed by atoms with van der Waals surface area (Å²) in [4.78, 5) is 0. The molecule has 1 N–H and O–H groups in total. The van der Waals surface area contributed by atoms with Gasteiger partial charge in [-0.3, -0.25) is 0 Å². The molecular weight excluding hydrogens is 216 g/mol. The van der Waals surface area contributed by atoms with Crippen LogP contribution in [-0.2, 0) is 6.42 Å². The second kappa shape index (κ2) is 4.26. The molecule has 0 saturated carbocycles. The van der Waals surface area contributed by atoms with Gasteiger partial charge in [-0.25, -0.2) is 0 Å². The van der Waals surface area contributed by atoms with Crippen molar-refractivity contribution in [1.82, 2.24) is 0 Å². The van der Waals surface area contributed by atoms with Crippen molar-refractivity contribution in [2.45, 2.75) is 12.8 Å². The van der Waals surface area contributed by atoms with E-state index >= 15 is 0 Å². The predicted molar refractivity (Wildman–Crippen MR) is 66.1 cm³/mol. The normalized spacial score (nSPS) is 13.9. The summed E-state index contributed by atoms with van der Waals surface area (Å²) in [6, 6.07) is 5.79. The largest absolute Gasteiger partial charge is 0.491 e. The molecule has 17 heavy (non-hydrogen) atoms. The molecule has 1 aromatic heterocycles. The Labute approximate surface area is 99.3 Å². The molecule has 3 nitrogen and oxygen atoms in total. The van der Waals surface area contributed by atoms with Gasteiger partial charge in [0.1, 0.15) is 23.7 Å². The molecule has 1 aliphatic rings. The fourth-order valence-electron chi connectivity index (χ4n) is 2.21. The van der Waals surface area contributed by atoms with E-state index in [9.17, 15) is 0 Å². The molecule has 88 valence electrons. The molecule has 1 heterocycles. The summed E-state index contributed by atoms with van der Waals surface area (Å²) in [5.74, 6) is 1.75. The zero-order valence-corrected chi connectivity index (χ0v) is 9.48. The Morgan fingerprint density at radius 3 is 3.18 bits per heavy atom. The lowest BCUT2D eigenvalue weighted by Crippen LogP contribution is -2.01. The van der Waals surface area contributed by atoms with E-state index < -0.39 is 0 Å². The first kappa shape index (κ1) is 10.4. The van der Waals surface area contributed by atoms with Gasteiger partial charge in [-0.1, -0.05) is 6.08 Å². The number of aryl methyl sites for hydroxylation is 1. The molecule has 0 saturated heterocycles. The average Bonchev–Trinajstić information content (AvgIpc) is 2.74. The third kappa shape index (κ3) is 1.83. The van der Waals surface area contributed by atoms with Crippen LogP contribution in [0.5, 0.6) is 5.75 Å². The minimum Gasteiger partial charge on any atom is -0.491 e. The number of hydrogen-bond acceptors (Lipinski definition) is 3. The summed E-state index contributed by atoms with van der Waals surface area (Å²) in [6.45, 7) is 0.357. The van der Waals surface area contributed by atoms with Crippen molar-refractivity contribution >= 4 is 17.0 Å². The number of allylic oxidation sites excluding steroid dienone is 1. The number of furan rings is 1. The number of rotatable bonds is 3. The highest BCUT2D eigenvalue weighted by Gasteiger charge is 2.14. The SMILES string of the molecule is OCCOc1ccc2oc3c(c2c1)CCC=C3. The van der Waals surface area contributed by atoms with Crippen LogP contribution in [0.4, 0.5) is 0 Å². The van der Waals surface area contributed by atoms with E-state index in [1.165, 1.54) is 5.56 Å². The van der Waals surface area contributed by atoms with Crippen LogP contribution in [0.15, 0.2) is 28.7 Å². The van der Waals surface area contributed by atoms with Crippen molar-refractivity contribution in [3.8, 4) is 5.75 Å². The van der Waals surface area contributed by atoms with Crippen LogP contribution >= 0.6 is 0 Å². The topological polar surface area (TPSA) is 42.6 Å². The lowest BCUT2D eigenvalue weighted by atomic mass is 10.0. The lowest BCUT2D eigenvalue weighted by molar-refractivity contribution is 0.201. The third-order valence-electron chi connectivity index (χ3n) is 2.98. The number of fused-ring (bicyclic) bond motifs is 3. The molecular formula is C14H14O3. The van der Waals surface area contributed by atoms with Crippen LogP contribution < -0.4 is 4.74 Å². The van der Waals surface area contributed by atoms with Crippen LogP contribution in [0.2, 0.25) is 0 Å². The van der Waals surface area contributed by atoms with Crippen molar-refractivity contribution in [2.24, 2.45) is 0 Å². The van der Waals surface area contributed by atoms with Gasteiger partial charge in [0.2, 0.25) is 0 Å². The Bertz CT molecular complexity index is 566. The van der Waals surface area contributed by atoms with E-state index in [0.717, 1.165) is 35.3 Å². The molecule has 1 aromatic carbocycles. The first-order valence-electron chi connectivity index (χ1n) is 5.84. The molecule has 0 radical (unpaired) electrons. The smallest absolute Gasteiger partial charge is 0.135 e. The highest BCUT2D eigenvalue weighted by molar-refractivity contribution is 5.86. The first-order chi connectivity index (χ1) is 8.38. The van der Waals surface area contributed by atoms with Crippen LogP contribution in [-0.4, -0.2) is 18.3 Å². The Hall–Kier alpha value is -1.74. The number of benzene rings is 1. The van der Waals surface area contributed by atoms with Crippen LogP contribution in [0.3, 0.4) is 0 Å². The van der Waals surface area contributed by atoms with E-state index in [0.29, 0.717) is 6.61 Å². The Balaban J connectivity index is 2.05. The lowest BCUT2D eigenvalue weighted by Gasteiger charge is -2.05. The molecule has 3 rings (SSSR count). The highest BCUT2D eigenvalue weighted by atomic mass is 16.5. The standard InChI is InChI=1S/C14H14O3/c15-7-8-16-10-5-6-14-12(9-10)11-3-1-2-4-13(11)17-14/h2,4-6,9,15H,1,3,7-8H2. The van der Waals surface area contributed by atoms with Gasteiger partial charge in [0, 0.05) is 10.9 Å². The van der Waals surface area contributed by atoms with E-state index in [-0.39, 0.29) is 6.61 Å². The van der Waals surface area contributed by atoms with Crippen molar-refractivity contribution in [3.63, 3.8) is 0 Å². The summed E-state index contributed by atoms with van der Waals surface area (Å²) in [5.41, 5.74) is 2.16. The van der Waals surface area contributed by atoms with Gasteiger partial charge in [-0.2, -0.15) is 0 Å². The van der Waals surface area contributed by atoms with Gasteiger partial charge >= 0.3 is 0 Å². The minimum absolute atomic E-state index is 0.0320. The maximum atomic E-state index is 8.74. The molecule has 0 amide bonds. The summed E-state index contributed by atoms with van der Waals surface area (Å²) in [7, 11) is 0.